The highest BCUT2D eigenvalue weighted by molar-refractivity contribution is 5.99. The normalized spacial score (nSPS) is 10.2. The zero-order valence-electron chi connectivity index (χ0n) is 12.8. The third-order valence-corrected chi connectivity index (χ3v) is 3.34. The Bertz CT molecular complexity index is 588. The molecule has 0 saturated carbocycles. The standard InChI is InChI=1S/C18H21NO2/c1-4-21-17-11-7-15(8-12-17)18(20)13-19(3)16-9-5-14(2)6-10-16/h5-12H,4,13H2,1-3H3. The smallest absolute Gasteiger partial charge is 0.182 e. The number of hydrogen-bond donors (Lipinski definition) is 0. The molecule has 0 N–H and O–H groups in total. The summed E-state index contributed by atoms with van der Waals surface area (Å²) >= 11 is 0. The van der Waals surface area contributed by atoms with Crippen LogP contribution >= 0.6 is 0 Å². The summed E-state index contributed by atoms with van der Waals surface area (Å²) in [6.45, 7) is 4.98. The molecule has 110 valence electrons. The van der Waals surface area contributed by atoms with Crippen LogP contribution in [-0.4, -0.2) is 26.0 Å². The van der Waals surface area contributed by atoms with Gasteiger partial charge in [0, 0.05) is 18.3 Å². The van der Waals surface area contributed by atoms with Crippen LogP contribution in [-0.2, 0) is 0 Å². The molecule has 0 fully saturated rings. The molecule has 0 spiro atoms. The first-order valence-electron chi connectivity index (χ1n) is 7.14. The number of ketones is 1. The maximum Gasteiger partial charge on any atom is 0.182 e. The number of nitrogens with zero attached hydrogens (tertiary/aromatic N) is 1. The van der Waals surface area contributed by atoms with E-state index in [2.05, 4.69) is 6.92 Å². The van der Waals surface area contributed by atoms with Gasteiger partial charge in [-0.2, -0.15) is 0 Å². The number of Topliss-reactive ketones (excluding diaryl/α,β-unsaturated/α-hetero) is 1. The molecule has 0 radical (unpaired) electrons. The zero-order valence-corrected chi connectivity index (χ0v) is 12.8. The monoisotopic (exact) mass is 283 g/mol. The van der Waals surface area contributed by atoms with Gasteiger partial charge in [0.05, 0.1) is 13.2 Å². The fourth-order valence-corrected chi connectivity index (χ4v) is 2.10. The van der Waals surface area contributed by atoms with Gasteiger partial charge in [0.15, 0.2) is 5.78 Å². The van der Waals surface area contributed by atoms with E-state index in [-0.39, 0.29) is 5.78 Å². The van der Waals surface area contributed by atoms with Crippen LogP contribution in [0.25, 0.3) is 0 Å². The Labute approximate surface area is 126 Å². The lowest BCUT2D eigenvalue weighted by molar-refractivity contribution is 0.100. The van der Waals surface area contributed by atoms with Crippen molar-refractivity contribution >= 4 is 11.5 Å². The second-order valence-corrected chi connectivity index (χ2v) is 5.07. The van der Waals surface area contributed by atoms with E-state index in [0.29, 0.717) is 18.7 Å². The Kier molecular flexibility index (Phi) is 4.99. The topological polar surface area (TPSA) is 29.5 Å². The summed E-state index contributed by atoms with van der Waals surface area (Å²) < 4.78 is 5.38. The molecule has 0 aliphatic rings. The second kappa shape index (κ2) is 6.93. The Balaban J connectivity index is 2.01. The minimum Gasteiger partial charge on any atom is -0.494 e. The molecule has 2 aromatic carbocycles. The van der Waals surface area contributed by atoms with Crippen molar-refractivity contribution in [2.24, 2.45) is 0 Å². The minimum absolute atomic E-state index is 0.0983. The minimum atomic E-state index is 0.0983. The summed E-state index contributed by atoms with van der Waals surface area (Å²) in [7, 11) is 1.93. The highest BCUT2D eigenvalue weighted by atomic mass is 16.5. The molecule has 3 nitrogen and oxygen atoms in total. The van der Waals surface area contributed by atoms with Crippen molar-refractivity contribution in [2.75, 3.05) is 25.1 Å². The first-order valence-corrected chi connectivity index (χ1v) is 7.14. The zero-order chi connectivity index (χ0) is 15.2. The number of rotatable bonds is 6. The van der Waals surface area contributed by atoms with Crippen LogP contribution in [0.5, 0.6) is 5.75 Å². The number of anilines is 1. The number of ether oxygens (including phenoxy) is 1. The fraction of sp³-hybridized carbons (Fsp3) is 0.278. The molecular formula is C18H21NO2. The molecule has 0 bridgehead atoms. The molecular weight excluding hydrogens is 262 g/mol. The van der Waals surface area contributed by atoms with E-state index in [9.17, 15) is 4.79 Å². The Morgan fingerprint density at radius 1 is 1.05 bits per heavy atom. The van der Waals surface area contributed by atoms with Gasteiger partial charge in [-0.3, -0.25) is 4.79 Å². The highest BCUT2D eigenvalue weighted by Crippen LogP contribution is 2.16. The average Bonchev–Trinajstić information content (AvgIpc) is 2.49. The number of aryl methyl sites for hydroxylation is 1. The third-order valence-electron chi connectivity index (χ3n) is 3.34. The van der Waals surface area contributed by atoms with E-state index < -0.39 is 0 Å². The van der Waals surface area contributed by atoms with Crippen LogP contribution in [0.3, 0.4) is 0 Å². The molecule has 0 aromatic heterocycles. The molecule has 3 heteroatoms. The van der Waals surface area contributed by atoms with Crippen LogP contribution in [0.4, 0.5) is 5.69 Å². The van der Waals surface area contributed by atoms with Crippen LogP contribution in [0.2, 0.25) is 0 Å². The molecule has 0 amide bonds. The van der Waals surface area contributed by atoms with Crippen molar-refractivity contribution in [3.8, 4) is 5.75 Å². The quantitative estimate of drug-likeness (QED) is 0.757. The van der Waals surface area contributed by atoms with E-state index in [1.165, 1.54) is 5.56 Å². The second-order valence-electron chi connectivity index (χ2n) is 5.07. The Morgan fingerprint density at radius 2 is 1.67 bits per heavy atom. The number of carbonyl (C=O) groups excluding carboxylic acids is 1. The SMILES string of the molecule is CCOc1ccc(C(=O)CN(C)c2ccc(C)cc2)cc1. The Morgan fingerprint density at radius 3 is 2.24 bits per heavy atom. The summed E-state index contributed by atoms with van der Waals surface area (Å²) in [5.41, 5.74) is 2.96. The van der Waals surface area contributed by atoms with Crippen LogP contribution in [0, 0.1) is 6.92 Å². The van der Waals surface area contributed by atoms with Gasteiger partial charge >= 0.3 is 0 Å². The van der Waals surface area contributed by atoms with Gasteiger partial charge in [0.25, 0.3) is 0 Å². The maximum absolute atomic E-state index is 12.3. The number of likely N-dealkylation sites (N-methyl/N-ethyl adjacent to an activating group) is 1. The predicted molar refractivity (Wildman–Crippen MR) is 86.4 cm³/mol. The van der Waals surface area contributed by atoms with Crippen LogP contribution in [0.1, 0.15) is 22.8 Å². The lowest BCUT2D eigenvalue weighted by Gasteiger charge is -2.18. The molecule has 2 rings (SSSR count). The third kappa shape index (κ3) is 4.09. The molecule has 0 heterocycles. The first kappa shape index (κ1) is 15.1. The maximum atomic E-state index is 12.3. The largest absolute Gasteiger partial charge is 0.494 e. The van der Waals surface area contributed by atoms with Gasteiger partial charge in [0.1, 0.15) is 5.75 Å². The highest BCUT2D eigenvalue weighted by Gasteiger charge is 2.10. The van der Waals surface area contributed by atoms with Crippen LogP contribution < -0.4 is 9.64 Å². The average molecular weight is 283 g/mol. The molecule has 0 saturated heterocycles. The Hall–Kier alpha value is -2.29. The molecule has 0 unspecified atom stereocenters. The van der Waals surface area contributed by atoms with E-state index in [0.717, 1.165) is 11.4 Å². The van der Waals surface area contributed by atoms with E-state index in [1.807, 2.05) is 67.4 Å². The van der Waals surface area contributed by atoms with Gasteiger partial charge in [-0.15, -0.1) is 0 Å². The van der Waals surface area contributed by atoms with Gasteiger partial charge in [-0.05, 0) is 50.2 Å². The van der Waals surface area contributed by atoms with E-state index in [1.54, 1.807) is 0 Å². The summed E-state index contributed by atoms with van der Waals surface area (Å²) in [6, 6.07) is 15.5. The van der Waals surface area contributed by atoms with Gasteiger partial charge in [0.2, 0.25) is 0 Å². The molecule has 0 atom stereocenters. The number of hydrogen-bond acceptors (Lipinski definition) is 3. The van der Waals surface area contributed by atoms with E-state index >= 15 is 0 Å². The van der Waals surface area contributed by atoms with Crippen molar-refractivity contribution in [1.82, 2.24) is 0 Å². The molecule has 21 heavy (non-hydrogen) atoms. The molecule has 2 aromatic rings. The lowest BCUT2D eigenvalue weighted by Crippen LogP contribution is -2.25. The van der Waals surface area contributed by atoms with Crippen molar-refractivity contribution in [1.29, 1.82) is 0 Å². The summed E-state index contributed by atoms with van der Waals surface area (Å²) in [5, 5.41) is 0. The van der Waals surface area contributed by atoms with Crippen LogP contribution in [0.15, 0.2) is 48.5 Å². The van der Waals surface area contributed by atoms with Crippen molar-refractivity contribution < 1.29 is 9.53 Å². The first-order chi connectivity index (χ1) is 10.1. The van der Waals surface area contributed by atoms with Gasteiger partial charge in [-0.25, -0.2) is 0 Å². The molecule has 0 aliphatic carbocycles. The predicted octanol–water partition coefficient (Wildman–Crippen LogP) is 3.71. The summed E-state index contributed by atoms with van der Waals surface area (Å²) in [5.74, 6) is 0.891. The van der Waals surface area contributed by atoms with Crippen molar-refractivity contribution in [3.63, 3.8) is 0 Å². The fourth-order valence-electron chi connectivity index (χ4n) is 2.10. The number of benzene rings is 2. The van der Waals surface area contributed by atoms with Gasteiger partial charge in [-0.1, -0.05) is 17.7 Å². The molecule has 0 aliphatic heterocycles. The number of carbonyl (C=O) groups is 1. The van der Waals surface area contributed by atoms with Crippen molar-refractivity contribution in [2.45, 2.75) is 13.8 Å². The van der Waals surface area contributed by atoms with Crippen molar-refractivity contribution in [3.05, 3.63) is 59.7 Å². The van der Waals surface area contributed by atoms with Gasteiger partial charge < -0.3 is 9.64 Å². The van der Waals surface area contributed by atoms with E-state index in [4.69, 9.17) is 4.74 Å². The summed E-state index contributed by atoms with van der Waals surface area (Å²) in [6.07, 6.45) is 0. The summed E-state index contributed by atoms with van der Waals surface area (Å²) in [4.78, 5) is 14.2. The lowest BCUT2D eigenvalue weighted by atomic mass is 10.1.